The molecule has 0 radical (unpaired) electrons. The minimum atomic E-state index is -0.575. The van der Waals surface area contributed by atoms with Crippen molar-refractivity contribution in [2.45, 2.75) is 25.3 Å². The van der Waals surface area contributed by atoms with Gasteiger partial charge in [0.25, 0.3) is 5.91 Å². The molecule has 108 valence electrons. The lowest BCUT2D eigenvalue weighted by Crippen LogP contribution is -2.47. The smallest absolute Gasteiger partial charge is 0.286 e. The first kappa shape index (κ1) is 14.6. The third-order valence-electron chi connectivity index (χ3n) is 3.39. The molecule has 4 heteroatoms. The second-order valence-corrected chi connectivity index (χ2v) is 5.14. The van der Waals surface area contributed by atoms with Crippen molar-refractivity contribution >= 4 is 5.91 Å². The van der Waals surface area contributed by atoms with Gasteiger partial charge in [0, 0.05) is 7.11 Å². The number of carbonyl (C=O) groups is 1. The zero-order valence-electron chi connectivity index (χ0n) is 12.0. The Labute approximate surface area is 119 Å². The van der Waals surface area contributed by atoms with Crippen LogP contribution in [-0.4, -0.2) is 26.2 Å². The number of hydrogen-bond acceptors (Lipinski definition) is 3. The summed E-state index contributed by atoms with van der Waals surface area (Å²) in [7, 11) is 1.63. The molecule has 1 aliphatic heterocycles. The summed E-state index contributed by atoms with van der Waals surface area (Å²) in [6.07, 6.45) is 3.69. The average molecular weight is 275 g/mol. The summed E-state index contributed by atoms with van der Waals surface area (Å²) in [5, 5.41) is 3.02. The molecule has 0 aromatic heterocycles. The Balaban J connectivity index is 2.16. The van der Waals surface area contributed by atoms with Gasteiger partial charge in [-0.2, -0.15) is 0 Å². The van der Waals surface area contributed by atoms with Crippen LogP contribution in [0.2, 0.25) is 0 Å². The maximum atomic E-state index is 12.3. The molecule has 0 spiro atoms. The monoisotopic (exact) mass is 275 g/mol. The van der Waals surface area contributed by atoms with E-state index in [-0.39, 0.29) is 5.91 Å². The standard InChI is InChI=1S/C16H21NO3/c1-16(12-19-2,13-8-4-3-5-9-13)17-15(18)14-10-6-7-11-20-14/h3-5,8-10H,6-7,11-12H2,1-2H3,(H,17,18)/t16-/m1/s1. The quantitative estimate of drug-likeness (QED) is 0.897. The fraction of sp³-hybridized carbons (Fsp3) is 0.438. The lowest BCUT2D eigenvalue weighted by atomic mass is 9.92. The van der Waals surface area contributed by atoms with E-state index in [2.05, 4.69) is 5.32 Å². The van der Waals surface area contributed by atoms with E-state index in [1.165, 1.54) is 0 Å². The molecule has 1 aromatic rings. The molecule has 1 amide bonds. The van der Waals surface area contributed by atoms with E-state index in [0.29, 0.717) is 19.0 Å². The number of methoxy groups -OCH3 is 1. The Morgan fingerprint density at radius 3 is 2.75 bits per heavy atom. The molecule has 4 nitrogen and oxygen atoms in total. The summed E-state index contributed by atoms with van der Waals surface area (Å²) in [6.45, 7) is 2.95. The molecule has 0 saturated heterocycles. The fourth-order valence-corrected chi connectivity index (χ4v) is 2.31. The van der Waals surface area contributed by atoms with Gasteiger partial charge in [-0.05, 0) is 31.4 Å². The first-order valence-corrected chi connectivity index (χ1v) is 6.86. The topological polar surface area (TPSA) is 47.6 Å². The molecule has 1 N–H and O–H groups in total. The predicted molar refractivity (Wildman–Crippen MR) is 77.1 cm³/mol. The zero-order chi connectivity index (χ0) is 14.4. The van der Waals surface area contributed by atoms with Crippen LogP contribution >= 0.6 is 0 Å². The van der Waals surface area contributed by atoms with Gasteiger partial charge in [-0.3, -0.25) is 4.79 Å². The number of benzene rings is 1. The van der Waals surface area contributed by atoms with E-state index < -0.39 is 5.54 Å². The van der Waals surface area contributed by atoms with Crippen LogP contribution in [0.25, 0.3) is 0 Å². The van der Waals surface area contributed by atoms with E-state index in [4.69, 9.17) is 9.47 Å². The largest absolute Gasteiger partial charge is 0.488 e. The van der Waals surface area contributed by atoms with Crippen LogP contribution < -0.4 is 5.32 Å². The number of nitrogens with one attached hydrogen (secondary N) is 1. The van der Waals surface area contributed by atoms with Crippen LogP contribution in [0.1, 0.15) is 25.3 Å². The number of ether oxygens (including phenoxy) is 2. The Morgan fingerprint density at radius 1 is 1.40 bits per heavy atom. The van der Waals surface area contributed by atoms with E-state index in [0.717, 1.165) is 18.4 Å². The SMILES string of the molecule is COC[C@@](C)(NC(=O)C1=CCCCO1)c1ccccc1. The van der Waals surface area contributed by atoms with Crippen LogP contribution in [0.5, 0.6) is 0 Å². The summed E-state index contributed by atoms with van der Waals surface area (Å²) in [5.41, 5.74) is 0.431. The van der Waals surface area contributed by atoms with Gasteiger partial charge in [0.2, 0.25) is 0 Å². The van der Waals surface area contributed by atoms with Crippen molar-refractivity contribution < 1.29 is 14.3 Å². The summed E-state index contributed by atoms with van der Waals surface area (Å²) in [5.74, 6) is 0.225. The van der Waals surface area contributed by atoms with Crippen LogP contribution in [0.15, 0.2) is 42.2 Å². The second-order valence-electron chi connectivity index (χ2n) is 5.14. The van der Waals surface area contributed by atoms with E-state index in [9.17, 15) is 4.79 Å². The van der Waals surface area contributed by atoms with Gasteiger partial charge in [0.1, 0.15) is 0 Å². The fourth-order valence-electron chi connectivity index (χ4n) is 2.31. The number of amides is 1. The number of carbonyl (C=O) groups excluding carboxylic acids is 1. The van der Waals surface area contributed by atoms with Gasteiger partial charge in [0.05, 0.1) is 18.8 Å². The van der Waals surface area contributed by atoms with E-state index >= 15 is 0 Å². The van der Waals surface area contributed by atoms with Gasteiger partial charge >= 0.3 is 0 Å². The highest BCUT2D eigenvalue weighted by Crippen LogP contribution is 2.22. The summed E-state index contributed by atoms with van der Waals surface area (Å²) >= 11 is 0. The molecular weight excluding hydrogens is 254 g/mol. The third-order valence-corrected chi connectivity index (χ3v) is 3.39. The Morgan fingerprint density at radius 2 is 2.15 bits per heavy atom. The summed E-state index contributed by atoms with van der Waals surface area (Å²) in [6, 6.07) is 9.81. The third kappa shape index (κ3) is 3.39. The molecule has 2 rings (SSSR count). The Hall–Kier alpha value is -1.81. The van der Waals surface area contributed by atoms with Crippen LogP contribution in [0.4, 0.5) is 0 Å². The zero-order valence-corrected chi connectivity index (χ0v) is 12.0. The van der Waals surface area contributed by atoms with Gasteiger partial charge in [0.15, 0.2) is 5.76 Å². The van der Waals surface area contributed by atoms with Gasteiger partial charge in [-0.15, -0.1) is 0 Å². The lowest BCUT2D eigenvalue weighted by Gasteiger charge is -2.31. The van der Waals surface area contributed by atoms with E-state index in [1.54, 1.807) is 7.11 Å². The molecule has 1 aromatic carbocycles. The predicted octanol–water partition coefficient (Wildman–Crippen LogP) is 2.36. The average Bonchev–Trinajstić information content (AvgIpc) is 2.49. The molecule has 0 unspecified atom stereocenters. The first-order chi connectivity index (χ1) is 9.65. The minimum absolute atomic E-state index is 0.187. The highest BCUT2D eigenvalue weighted by molar-refractivity contribution is 5.92. The van der Waals surface area contributed by atoms with Crippen molar-refractivity contribution in [3.05, 3.63) is 47.7 Å². The molecule has 0 bridgehead atoms. The van der Waals surface area contributed by atoms with Crippen molar-refractivity contribution in [1.82, 2.24) is 5.32 Å². The normalized spacial score (nSPS) is 17.6. The molecule has 0 saturated carbocycles. The maximum Gasteiger partial charge on any atom is 0.286 e. The van der Waals surface area contributed by atoms with E-state index in [1.807, 2.05) is 43.3 Å². The van der Waals surface area contributed by atoms with Crippen molar-refractivity contribution in [1.29, 1.82) is 0 Å². The molecule has 20 heavy (non-hydrogen) atoms. The van der Waals surface area contributed by atoms with Crippen molar-refractivity contribution in [2.24, 2.45) is 0 Å². The molecule has 0 aliphatic carbocycles. The molecular formula is C16H21NO3. The lowest BCUT2D eigenvalue weighted by molar-refractivity contribution is -0.123. The number of hydrogen-bond donors (Lipinski definition) is 1. The van der Waals surface area contributed by atoms with Gasteiger partial charge in [-0.25, -0.2) is 0 Å². The van der Waals surface area contributed by atoms with Crippen LogP contribution in [-0.2, 0) is 19.8 Å². The van der Waals surface area contributed by atoms with Crippen molar-refractivity contribution in [2.75, 3.05) is 20.3 Å². The minimum Gasteiger partial charge on any atom is -0.488 e. The molecule has 0 fully saturated rings. The first-order valence-electron chi connectivity index (χ1n) is 6.86. The molecule has 1 atom stereocenters. The van der Waals surface area contributed by atoms with Gasteiger partial charge < -0.3 is 14.8 Å². The van der Waals surface area contributed by atoms with Crippen molar-refractivity contribution in [3.8, 4) is 0 Å². The number of allylic oxidation sites excluding steroid dienone is 1. The highest BCUT2D eigenvalue weighted by atomic mass is 16.5. The maximum absolute atomic E-state index is 12.3. The van der Waals surface area contributed by atoms with Crippen LogP contribution in [0, 0.1) is 0 Å². The number of rotatable bonds is 5. The molecule has 1 heterocycles. The highest BCUT2D eigenvalue weighted by Gasteiger charge is 2.30. The van der Waals surface area contributed by atoms with Gasteiger partial charge in [-0.1, -0.05) is 30.3 Å². The van der Waals surface area contributed by atoms with Crippen molar-refractivity contribution in [3.63, 3.8) is 0 Å². The van der Waals surface area contributed by atoms with Crippen LogP contribution in [0.3, 0.4) is 0 Å². The summed E-state index contributed by atoms with van der Waals surface area (Å²) < 4.78 is 10.7. The molecule has 1 aliphatic rings. The Kier molecular flexibility index (Phi) is 4.79. The summed E-state index contributed by atoms with van der Waals surface area (Å²) in [4.78, 5) is 12.3. The second kappa shape index (κ2) is 6.57. The Bertz CT molecular complexity index is 484.